The Morgan fingerprint density at radius 2 is 2.12 bits per heavy atom. The van der Waals surface area contributed by atoms with Crippen LogP contribution in [0.3, 0.4) is 0 Å². The van der Waals surface area contributed by atoms with E-state index >= 15 is 0 Å². The molecule has 96 valence electrons. The van der Waals surface area contributed by atoms with Crippen LogP contribution >= 0.6 is 15.9 Å². The highest BCUT2D eigenvalue weighted by Crippen LogP contribution is 2.27. The number of methoxy groups -OCH3 is 1. The highest BCUT2D eigenvalue weighted by atomic mass is 79.9. The molecule has 0 heterocycles. The molecule has 0 aliphatic rings. The molecule has 1 aromatic carbocycles. The molecule has 2 N–H and O–H groups in total. The molecule has 0 aromatic heterocycles. The van der Waals surface area contributed by atoms with E-state index < -0.39 is 0 Å². The Hall–Kier alpha value is -0.580. The Kier molecular flexibility index (Phi) is 5.95. The first-order valence-electron chi connectivity index (χ1n) is 5.79. The number of hydrogen-bond acceptors (Lipinski definition) is 3. The van der Waals surface area contributed by atoms with Gasteiger partial charge < -0.3 is 15.2 Å². The van der Waals surface area contributed by atoms with Gasteiger partial charge in [-0.15, -0.1) is 0 Å². The van der Waals surface area contributed by atoms with Crippen LogP contribution in [0.5, 0.6) is 5.75 Å². The second kappa shape index (κ2) is 6.99. The summed E-state index contributed by atoms with van der Waals surface area (Å²) in [5.41, 5.74) is 1.19. The topological polar surface area (TPSA) is 41.5 Å². The number of aliphatic hydroxyl groups excluding tert-OH is 1. The van der Waals surface area contributed by atoms with Crippen molar-refractivity contribution in [3.05, 3.63) is 28.2 Å². The van der Waals surface area contributed by atoms with Crippen LogP contribution < -0.4 is 10.1 Å². The van der Waals surface area contributed by atoms with Gasteiger partial charge in [-0.25, -0.2) is 0 Å². The molecule has 0 unspecified atom stereocenters. The summed E-state index contributed by atoms with van der Waals surface area (Å²) < 4.78 is 6.19. The van der Waals surface area contributed by atoms with Crippen molar-refractivity contribution in [2.75, 3.05) is 13.7 Å². The van der Waals surface area contributed by atoms with Crippen molar-refractivity contribution >= 4 is 15.9 Å². The van der Waals surface area contributed by atoms with E-state index in [9.17, 15) is 5.11 Å². The average molecular weight is 302 g/mol. The van der Waals surface area contributed by atoms with Gasteiger partial charge in [0.05, 0.1) is 13.2 Å². The van der Waals surface area contributed by atoms with Crippen molar-refractivity contribution in [1.29, 1.82) is 0 Å². The maximum Gasteiger partial charge on any atom is 0.120 e. The highest BCUT2D eigenvalue weighted by molar-refractivity contribution is 9.10. The predicted octanol–water partition coefficient (Wildman–Crippen LogP) is 2.88. The molecule has 0 amide bonds. The van der Waals surface area contributed by atoms with Crippen LogP contribution in [-0.4, -0.2) is 24.9 Å². The van der Waals surface area contributed by atoms with Gasteiger partial charge in [0.1, 0.15) is 5.75 Å². The first kappa shape index (κ1) is 14.5. The molecule has 0 bridgehead atoms. The van der Waals surface area contributed by atoms with Gasteiger partial charge in [-0.05, 0) is 44.5 Å². The standard InChI is InChI=1S/C13H20BrNO2/c1-9(16)6-7-15-10(2)12-5-4-11(17-3)8-13(12)14/h4-5,8-10,15-16H,6-7H2,1-3H3/t9-,10+/m1/s1. The van der Waals surface area contributed by atoms with E-state index in [0.717, 1.165) is 23.2 Å². The Labute approximate surface area is 111 Å². The molecule has 1 aromatic rings. The van der Waals surface area contributed by atoms with Gasteiger partial charge in [-0.2, -0.15) is 0 Å². The van der Waals surface area contributed by atoms with E-state index in [2.05, 4.69) is 28.2 Å². The number of ether oxygens (including phenoxy) is 1. The minimum absolute atomic E-state index is 0.244. The summed E-state index contributed by atoms with van der Waals surface area (Å²) in [5, 5.41) is 12.6. The lowest BCUT2D eigenvalue weighted by Gasteiger charge is -2.17. The van der Waals surface area contributed by atoms with Crippen LogP contribution in [0, 0.1) is 0 Å². The van der Waals surface area contributed by atoms with Gasteiger partial charge in [-0.1, -0.05) is 22.0 Å². The van der Waals surface area contributed by atoms with Gasteiger partial charge in [0.2, 0.25) is 0 Å². The lowest BCUT2D eigenvalue weighted by atomic mass is 10.1. The minimum Gasteiger partial charge on any atom is -0.497 e. The van der Waals surface area contributed by atoms with Gasteiger partial charge >= 0.3 is 0 Å². The monoisotopic (exact) mass is 301 g/mol. The number of hydrogen-bond donors (Lipinski definition) is 2. The number of nitrogens with one attached hydrogen (secondary N) is 1. The lowest BCUT2D eigenvalue weighted by Crippen LogP contribution is -2.22. The number of benzene rings is 1. The third kappa shape index (κ3) is 4.66. The van der Waals surface area contributed by atoms with E-state index in [-0.39, 0.29) is 12.1 Å². The Morgan fingerprint density at radius 3 is 2.65 bits per heavy atom. The number of aliphatic hydroxyl groups is 1. The maximum atomic E-state index is 9.19. The summed E-state index contributed by atoms with van der Waals surface area (Å²) in [6, 6.07) is 6.20. The number of rotatable bonds is 6. The molecule has 0 saturated heterocycles. The van der Waals surface area contributed by atoms with Crippen molar-refractivity contribution in [1.82, 2.24) is 5.32 Å². The molecule has 0 aliphatic heterocycles. The van der Waals surface area contributed by atoms with Crippen molar-refractivity contribution in [3.8, 4) is 5.75 Å². The van der Waals surface area contributed by atoms with Crippen LogP contribution in [0.4, 0.5) is 0 Å². The van der Waals surface area contributed by atoms with Gasteiger partial charge in [0, 0.05) is 10.5 Å². The molecule has 2 atom stereocenters. The third-order valence-electron chi connectivity index (χ3n) is 2.69. The third-order valence-corrected chi connectivity index (χ3v) is 3.37. The molecule has 0 fully saturated rings. The molecule has 3 nitrogen and oxygen atoms in total. The van der Waals surface area contributed by atoms with E-state index in [1.807, 2.05) is 18.2 Å². The summed E-state index contributed by atoms with van der Waals surface area (Å²) in [6.45, 7) is 4.71. The summed E-state index contributed by atoms with van der Waals surface area (Å²) >= 11 is 3.54. The van der Waals surface area contributed by atoms with Gasteiger partial charge in [0.25, 0.3) is 0 Å². The van der Waals surface area contributed by atoms with Crippen LogP contribution in [-0.2, 0) is 0 Å². The maximum absolute atomic E-state index is 9.19. The second-order valence-electron chi connectivity index (χ2n) is 4.20. The Bertz CT molecular complexity index is 355. The summed E-state index contributed by atoms with van der Waals surface area (Å²) in [6.07, 6.45) is 0.506. The van der Waals surface area contributed by atoms with Crippen LogP contribution in [0.1, 0.15) is 31.9 Å². The van der Waals surface area contributed by atoms with Crippen molar-refractivity contribution < 1.29 is 9.84 Å². The molecule has 0 radical (unpaired) electrons. The van der Waals surface area contributed by atoms with Crippen molar-refractivity contribution in [2.24, 2.45) is 0 Å². The van der Waals surface area contributed by atoms with E-state index in [1.54, 1.807) is 14.0 Å². The van der Waals surface area contributed by atoms with Crippen molar-refractivity contribution in [3.63, 3.8) is 0 Å². The molecular formula is C13H20BrNO2. The smallest absolute Gasteiger partial charge is 0.120 e. The molecule has 17 heavy (non-hydrogen) atoms. The molecule has 4 heteroatoms. The molecule has 0 spiro atoms. The van der Waals surface area contributed by atoms with E-state index in [1.165, 1.54) is 5.56 Å². The first-order valence-corrected chi connectivity index (χ1v) is 6.58. The number of halogens is 1. The van der Waals surface area contributed by atoms with Gasteiger partial charge in [0.15, 0.2) is 0 Å². The minimum atomic E-state index is -0.256. The van der Waals surface area contributed by atoms with E-state index in [4.69, 9.17) is 4.74 Å². The predicted molar refractivity (Wildman–Crippen MR) is 73.4 cm³/mol. The van der Waals surface area contributed by atoms with Crippen molar-refractivity contribution in [2.45, 2.75) is 32.4 Å². The molecule has 0 saturated carbocycles. The molecular weight excluding hydrogens is 282 g/mol. The average Bonchev–Trinajstić information content (AvgIpc) is 2.28. The highest BCUT2D eigenvalue weighted by Gasteiger charge is 2.09. The largest absolute Gasteiger partial charge is 0.497 e. The Morgan fingerprint density at radius 1 is 1.41 bits per heavy atom. The van der Waals surface area contributed by atoms with E-state index in [0.29, 0.717) is 0 Å². The summed E-state index contributed by atoms with van der Waals surface area (Å²) in [7, 11) is 1.66. The summed E-state index contributed by atoms with van der Waals surface area (Å²) in [5.74, 6) is 0.844. The zero-order chi connectivity index (χ0) is 12.8. The van der Waals surface area contributed by atoms with Crippen LogP contribution in [0.2, 0.25) is 0 Å². The fourth-order valence-electron chi connectivity index (χ4n) is 1.60. The van der Waals surface area contributed by atoms with Crippen LogP contribution in [0.25, 0.3) is 0 Å². The normalized spacial score (nSPS) is 14.4. The quantitative estimate of drug-likeness (QED) is 0.849. The Balaban J connectivity index is 2.59. The lowest BCUT2D eigenvalue weighted by molar-refractivity contribution is 0.182. The molecule has 0 aliphatic carbocycles. The van der Waals surface area contributed by atoms with Gasteiger partial charge in [-0.3, -0.25) is 0 Å². The zero-order valence-electron chi connectivity index (χ0n) is 10.5. The summed E-state index contributed by atoms with van der Waals surface area (Å²) in [4.78, 5) is 0. The SMILES string of the molecule is COc1ccc([C@H](C)NCC[C@@H](C)O)c(Br)c1. The zero-order valence-corrected chi connectivity index (χ0v) is 12.1. The first-order chi connectivity index (χ1) is 8.04. The second-order valence-corrected chi connectivity index (χ2v) is 5.06. The van der Waals surface area contributed by atoms with Crippen LogP contribution in [0.15, 0.2) is 22.7 Å². The fraction of sp³-hybridized carbons (Fsp3) is 0.538. The molecule has 1 rings (SSSR count). The fourth-order valence-corrected chi connectivity index (χ4v) is 2.31.